The fourth-order valence-electron chi connectivity index (χ4n) is 2.60. The standard InChI is InChI=1S/C20H25F2N3O2/c1-2-3-4-5-6-12-27-16-9-7-8-14(18(16)22)13-24-20(26)15-10-11-17(21)25-19(15)23/h7-11H,2-6,12-13H2,1H3,(H2,23,25)(H,24,26). The average molecular weight is 377 g/mol. The molecule has 2 rings (SSSR count). The van der Waals surface area contributed by atoms with Gasteiger partial charge in [-0.15, -0.1) is 0 Å². The Morgan fingerprint density at radius 1 is 1.15 bits per heavy atom. The molecular weight excluding hydrogens is 352 g/mol. The van der Waals surface area contributed by atoms with Crippen LogP contribution in [0.15, 0.2) is 30.3 Å². The molecule has 1 heterocycles. The smallest absolute Gasteiger partial charge is 0.255 e. The van der Waals surface area contributed by atoms with Gasteiger partial charge in [0, 0.05) is 12.1 Å². The van der Waals surface area contributed by atoms with Crippen LogP contribution in [-0.2, 0) is 6.54 Å². The third-order valence-corrected chi connectivity index (χ3v) is 4.12. The molecule has 146 valence electrons. The van der Waals surface area contributed by atoms with E-state index in [4.69, 9.17) is 10.5 Å². The van der Waals surface area contributed by atoms with Gasteiger partial charge >= 0.3 is 0 Å². The lowest BCUT2D eigenvalue weighted by Gasteiger charge is -2.11. The molecular formula is C20H25F2N3O2. The lowest BCUT2D eigenvalue weighted by molar-refractivity contribution is 0.0951. The zero-order chi connectivity index (χ0) is 19.6. The molecule has 0 saturated heterocycles. The highest BCUT2D eigenvalue weighted by atomic mass is 19.1. The fraction of sp³-hybridized carbons (Fsp3) is 0.400. The molecule has 5 nitrogen and oxygen atoms in total. The van der Waals surface area contributed by atoms with Crippen LogP contribution in [0.2, 0.25) is 0 Å². The minimum absolute atomic E-state index is 0.0382. The Morgan fingerprint density at radius 2 is 1.93 bits per heavy atom. The number of pyridine rings is 1. The normalized spacial score (nSPS) is 10.6. The van der Waals surface area contributed by atoms with Gasteiger partial charge in [-0.3, -0.25) is 4.79 Å². The molecule has 1 aromatic carbocycles. The minimum Gasteiger partial charge on any atom is -0.491 e. The van der Waals surface area contributed by atoms with Crippen LogP contribution in [0.1, 0.15) is 54.9 Å². The van der Waals surface area contributed by atoms with Crippen LogP contribution in [0, 0.1) is 11.8 Å². The van der Waals surface area contributed by atoms with Crippen LogP contribution in [0.5, 0.6) is 5.75 Å². The highest BCUT2D eigenvalue weighted by Crippen LogP contribution is 2.21. The molecule has 0 unspecified atom stereocenters. The highest BCUT2D eigenvalue weighted by molar-refractivity contribution is 5.98. The molecule has 1 amide bonds. The summed E-state index contributed by atoms with van der Waals surface area (Å²) in [7, 11) is 0. The summed E-state index contributed by atoms with van der Waals surface area (Å²) >= 11 is 0. The van der Waals surface area contributed by atoms with Crippen LogP contribution in [0.4, 0.5) is 14.6 Å². The van der Waals surface area contributed by atoms with Gasteiger partial charge in [-0.25, -0.2) is 9.37 Å². The minimum atomic E-state index is -0.769. The fourth-order valence-corrected chi connectivity index (χ4v) is 2.60. The molecule has 27 heavy (non-hydrogen) atoms. The number of aromatic nitrogens is 1. The quantitative estimate of drug-likeness (QED) is 0.480. The van der Waals surface area contributed by atoms with Crippen molar-refractivity contribution in [3.63, 3.8) is 0 Å². The lowest BCUT2D eigenvalue weighted by atomic mass is 10.1. The Bertz CT molecular complexity index is 769. The summed E-state index contributed by atoms with van der Waals surface area (Å²) in [6.07, 6.45) is 5.44. The Hall–Kier alpha value is -2.70. The number of carbonyl (C=O) groups excluding carboxylic acids is 1. The predicted molar refractivity (Wildman–Crippen MR) is 100 cm³/mol. The third-order valence-electron chi connectivity index (χ3n) is 4.12. The summed E-state index contributed by atoms with van der Waals surface area (Å²) in [6.45, 7) is 2.56. The summed E-state index contributed by atoms with van der Waals surface area (Å²) in [4.78, 5) is 15.5. The van der Waals surface area contributed by atoms with E-state index in [1.54, 1.807) is 18.2 Å². The Balaban J connectivity index is 1.90. The number of ether oxygens (including phenoxy) is 1. The van der Waals surface area contributed by atoms with E-state index in [0.29, 0.717) is 12.2 Å². The topological polar surface area (TPSA) is 77.2 Å². The average Bonchev–Trinajstić information content (AvgIpc) is 2.64. The number of nitrogens with two attached hydrogens (primary N) is 1. The van der Waals surface area contributed by atoms with Crippen LogP contribution in [0.25, 0.3) is 0 Å². The van der Waals surface area contributed by atoms with E-state index in [2.05, 4.69) is 17.2 Å². The van der Waals surface area contributed by atoms with Crippen molar-refractivity contribution in [2.75, 3.05) is 12.3 Å². The van der Waals surface area contributed by atoms with Gasteiger partial charge in [0.05, 0.1) is 12.2 Å². The molecule has 0 atom stereocenters. The number of rotatable bonds is 10. The highest BCUT2D eigenvalue weighted by Gasteiger charge is 2.14. The molecule has 0 aliphatic rings. The van der Waals surface area contributed by atoms with E-state index < -0.39 is 17.7 Å². The van der Waals surface area contributed by atoms with Crippen molar-refractivity contribution in [3.8, 4) is 5.75 Å². The number of nitrogens with one attached hydrogen (secondary N) is 1. The second kappa shape index (κ2) is 10.4. The summed E-state index contributed by atoms with van der Waals surface area (Å²) in [5.74, 6) is -1.87. The van der Waals surface area contributed by atoms with E-state index in [0.717, 1.165) is 25.3 Å². The number of anilines is 1. The lowest BCUT2D eigenvalue weighted by Crippen LogP contribution is -2.25. The summed E-state index contributed by atoms with van der Waals surface area (Å²) in [5.41, 5.74) is 5.87. The van der Waals surface area contributed by atoms with Gasteiger partial charge in [-0.1, -0.05) is 44.7 Å². The predicted octanol–water partition coefficient (Wildman–Crippen LogP) is 4.22. The zero-order valence-electron chi connectivity index (χ0n) is 15.4. The molecule has 2 aromatic rings. The molecule has 0 fully saturated rings. The van der Waals surface area contributed by atoms with Gasteiger partial charge in [-0.2, -0.15) is 4.39 Å². The van der Waals surface area contributed by atoms with E-state index in [9.17, 15) is 13.6 Å². The van der Waals surface area contributed by atoms with Crippen molar-refractivity contribution < 1.29 is 18.3 Å². The van der Waals surface area contributed by atoms with Crippen LogP contribution >= 0.6 is 0 Å². The maximum Gasteiger partial charge on any atom is 0.255 e. The van der Waals surface area contributed by atoms with E-state index >= 15 is 0 Å². The van der Waals surface area contributed by atoms with E-state index in [1.807, 2.05) is 0 Å². The maximum absolute atomic E-state index is 14.5. The number of nitrogen functional groups attached to an aromatic ring is 1. The Morgan fingerprint density at radius 3 is 2.67 bits per heavy atom. The number of unbranched alkanes of at least 4 members (excludes halogenated alkanes) is 4. The molecule has 0 aliphatic carbocycles. The van der Waals surface area contributed by atoms with Gasteiger partial charge in [0.2, 0.25) is 5.95 Å². The van der Waals surface area contributed by atoms with Crippen molar-refractivity contribution in [1.82, 2.24) is 10.3 Å². The monoisotopic (exact) mass is 377 g/mol. The number of benzene rings is 1. The molecule has 7 heteroatoms. The molecule has 0 radical (unpaired) electrons. The van der Waals surface area contributed by atoms with Crippen molar-refractivity contribution in [2.24, 2.45) is 0 Å². The summed E-state index contributed by atoms with van der Waals surface area (Å²) in [5, 5.41) is 2.56. The van der Waals surface area contributed by atoms with Gasteiger partial charge in [-0.05, 0) is 24.6 Å². The third kappa shape index (κ3) is 6.20. The molecule has 3 N–H and O–H groups in total. The van der Waals surface area contributed by atoms with Crippen molar-refractivity contribution >= 4 is 11.7 Å². The van der Waals surface area contributed by atoms with Crippen LogP contribution in [0.3, 0.4) is 0 Å². The first-order chi connectivity index (χ1) is 13.0. The molecule has 0 saturated carbocycles. The largest absolute Gasteiger partial charge is 0.491 e. The number of carbonyl (C=O) groups is 1. The van der Waals surface area contributed by atoms with Crippen molar-refractivity contribution in [1.29, 1.82) is 0 Å². The first-order valence-corrected chi connectivity index (χ1v) is 9.13. The molecule has 0 aliphatic heterocycles. The Labute approximate surface area is 157 Å². The number of nitrogens with zero attached hydrogens (tertiary/aromatic N) is 1. The molecule has 0 spiro atoms. The van der Waals surface area contributed by atoms with Crippen LogP contribution < -0.4 is 15.8 Å². The number of hydrogen-bond donors (Lipinski definition) is 2. The second-order valence-electron chi connectivity index (χ2n) is 6.24. The van der Waals surface area contributed by atoms with Crippen molar-refractivity contribution in [3.05, 3.63) is 53.2 Å². The van der Waals surface area contributed by atoms with Crippen LogP contribution in [-0.4, -0.2) is 17.5 Å². The SMILES string of the molecule is CCCCCCCOc1cccc(CNC(=O)c2ccc(F)nc2N)c1F. The molecule has 1 aromatic heterocycles. The van der Waals surface area contributed by atoms with Gasteiger partial charge in [0.15, 0.2) is 11.6 Å². The van der Waals surface area contributed by atoms with Gasteiger partial charge in [0.1, 0.15) is 5.82 Å². The number of amides is 1. The maximum atomic E-state index is 14.5. The van der Waals surface area contributed by atoms with Gasteiger partial charge < -0.3 is 15.8 Å². The first-order valence-electron chi connectivity index (χ1n) is 9.13. The zero-order valence-corrected chi connectivity index (χ0v) is 15.4. The van der Waals surface area contributed by atoms with Crippen molar-refractivity contribution in [2.45, 2.75) is 45.6 Å². The number of halogens is 2. The Kier molecular flexibility index (Phi) is 7.98. The van der Waals surface area contributed by atoms with E-state index in [-0.39, 0.29) is 23.7 Å². The van der Waals surface area contributed by atoms with Gasteiger partial charge in [0.25, 0.3) is 5.91 Å². The number of hydrogen-bond acceptors (Lipinski definition) is 4. The molecule has 0 bridgehead atoms. The second-order valence-corrected chi connectivity index (χ2v) is 6.24. The summed E-state index contributed by atoms with van der Waals surface area (Å²) in [6, 6.07) is 7.08. The first kappa shape index (κ1) is 20.6. The van der Waals surface area contributed by atoms with E-state index in [1.165, 1.54) is 18.9 Å². The summed E-state index contributed by atoms with van der Waals surface area (Å²) < 4.78 is 33.0.